The van der Waals surface area contributed by atoms with Crippen molar-refractivity contribution >= 4 is 39.5 Å². The van der Waals surface area contributed by atoms with Gasteiger partial charge in [0.05, 0.1) is 26.4 Å². The van der Waals surface area contributed by atoms with Gasteiger partial charge in [-0.15, -0.1) is 0 Å². The van der Waals surface area contributed by atoms with Gasteiger partial charge in [-0.1, -0.05) is 374 Å². The highest BCUT2D eigenvalue weighted by atomic mass is 31.2. The van der Waals surface area contributed by atoms with E-state index in [1.807, 2.05) is 0 Å². The van der Waals surface area contributed by atoms with Crippen LogP contribution < -0.4 is 0 Å². The lowest BCUT2D eigenvalue weighted by atomic mass is 10.0. The highest BCUT2D eigenvalue weighted by Crippen LogP contribution is 2.45. The number of aliphatic hydroxyl groups is 1. The van der Waals surface area contributed by atoms with Gasteiger partial charge in [0.2, 0.25) is 0 Å². The van der Waals surface area contributed by atoms with E-state index in [2.05, 4.69) is 27.7 Å². The van der Waals surface area contributed by atoms with E-state index in [-0.39, 0.29) is 25.7 Å². The number of ether oxygens (including phenoxy) is 4. The van der Waals surface area contributed by atoms with E-state index in [1.165, 1.54) is 257 Å². The van der Waals surface area contributed by atoms with E-state index in [1.54, 1.807) is 0 Å². The molecule has 3 N–H and O–H groups in total. The molecule has 17 nitrogen and oxygen atoms in total. The van der Waals surface area contributed by atoms with Crippen LogP contribution in [0, 0.1) is 0 Å². The van der Waals surface area contributed by atoms with E-state index in [4.69, 9.17) is 37.0 Å². The van der Waals surface area contributed by atoms with E-state index in [0.717, 1.165) is 89.9 Å². The maximum atomic E-state index is 13.1. The van der Waals surface area contributed by atoms with Gasteiger partial charge in [0.15, 0.2) is 12.2 Å². The third-order valence-electron chi connectivity index (χ3n) is 18.6. The first-order valence-corrected chi connectivity index (χ1v) is 44.3. The maximum Gasteiger partial charge on any atom is 0.472 e. The van der Waals surface area contributed by atoms with E-state index in [9.17, 15) is 43.2 Å². The van der Waals surface area contributed by atoms with Crippen LogP contribution in [0.25, 0.3) is 0 Å². The van der Waals surface area contributed by atoms with Crippen molar-refractivity contribution in [2.24, 2.45) is 0 Å². The molecular formula is C79H154O17P2. The maximum absolute atomic E-state index is 13.1. The molecule has 0 aliphatic heterocycles. The predicted octanol–water partition coefficient (Wildman–Crippen LogP) is 23.8. The number of aliphatic hydroxyl groups excluding tert-OH is 1. The summed E-state index contributed by atoms with van der Waals surface area (Å²) in [6, 6.07) is 0. The van der Waals surface area contributed by atoms with Gasteiger partial charge in [0.1, 0.15) is 19.3 Å². The molecule has 0 spiro atoms. The number of rotatable bonds is 80. The average Bonchev–Trinajstić information content (AvgIpc) is 0.962. The lowest BCUT2D eigenvalue weighted by Crippen LogP contribution is -2.30. The fourth-order valence-electron chi connectivity index (χ4n) is 12.3. The lowest BCUT2D eigenvalue weighted by Gasteiger charge is -2.21. The summed E-state index contributed by atoms with van der Waals surface area (Å²) in [6.07, 6.45) is 65.0. The second-order valence-corrected chi connectivity index (χ2v) is 31.4. The van der Waals surface area contributed by atoms with Crippen molar-refractivity contribution in [1.82, 2.24) is 0 Å². The number of carbonyl (C=O) groups excluding carboxylic acids is 4. The monoisotopic (exact) mass is 1440 g/mol. The summed E-state index contributed by atoms with van der Waals surface area (Å²) < 4.78 is 68.7. The molecule has 0 rings (SSSR count). The van der Waals surface area contributed by atoms with Crippen LogP contribution in [0.5, 0.6) is 0 Å². The van der Waals surface area contributed by atoms with Gasteiger partial charge in [0, 0.05) is 25.7 Å². The molecule has 2 unspecified atom stereocenters. The van der Waals surface area contributed by atoms with Gasteiger partial charge in [-0.25, -0.2) is 9.13 Å². The smallest absolute Gasteiger partial charge is 0.462 e. The van der Waals surface area contributed by atoms with Crippen LogP contribution in [-0.2, 0) is 65.4 Å². The first-order chi connectivity index (χ1) is 47.7. The second kappa shape index (κ2) is 73.4. The Hall–Kier alpha value is -1.94. The van der Waals surface area contributed by atoms with Crippen molar-refractivity contribution in [3.8, 4) is 0 Å². The normalized spacial score (nSPS) is 13.8. The first kappa shape index (κ1) is 96.1. The van der Waals surface area contributed by atoms with Gasteiger partial charge in [-0.3, -0.25) is 37.3 Å². The molecule has 0 aliphatic rings. The minimum Gasteiger partial charge on any atom is -0.462 e. The molecule has 0 heterocycles. The fraction of sp³-hybridized carbons (Fsp3) is 0.949. The van der Waals surface area contributed by atoms with Crippen molar-refractivity contribution in [1.29, 1.82) is 0 Å². The third kappa shape index (κ3) is 72.4. The standard InChI is InChI=1S/C79H154O17P2/c1-5-9-13-17-21-25-29-33-35-36-38-41-44-48-52-56-60-64-77(82)90-70-74(95-78(83)65-61-57-53-49-45-40-32-28-24-20-16-12-8-4)71-93-97(85,86)91-67-73(80)68-92-98(87,88)94-72-75(69-89-76(81)63-59-55-51-47-43-39-31-27-23-19-15-11-7-3)96-79(84)66-62-58-54-50-46-42-37-34-30-26-22-18-14-10-6-2/h73-75,80H,5-72H2,1-4H3,(H,85,86)(H,87,88)/t73-,74+,75+/m0/s1. The van der Waals surface area contributed by atoms with Crippen molar-refractivity contribution in [3.05, 3.63) is 0 Å². The Morgan fingerprint density at radius 2 is 0.408 bits per heavy atom. The topological polar surface area (TPSA) is 237 Å². The Kier molecular flexibility index (Phi) is 71.9. The summed E-state index contributed by atoms with van der Waals surface area (Å²) in [4.78, 5) is 73.0. The Bertz CT molecular complexity index is 1860. The zero-order valence-corrected chi connectivity index (χ0v) is 65.6. The van der Waals surface area contributed by atoms with Crippen LogP contribution in [0.4, 0.5) is 0 Å². The molecule has 0 amide bonds. The first-order valence-electron chi connectivity index (χ1n) is 41.3. The zero-order chi connectivity index (χ0) is 71.8. The van der Waals surface area contributed by atoms with E-state index < -0.39 is 97.5 Å². The van der Waals surface area contributed by atoms with Gasteiger partial charge in [-0.05, 0) is 25.7 Å². The molecular weight excluding hydrogens is 1280 g/mol. The number of phosphoric ester groups is 2. The molecule has 0 saturated heterocycles. The third-order valence-corrected chi connectivity index (χ3v) is 20.5. The largest absolute Gasteiger partial charge is 0.472 e. The number of carbonyl (C=O) groups is 4. The molecule has 0 radical (unpaired) electrons. The number of unbranched alkanes of at least 4 members (excludes halogenated alkanes) is 54. The van der Waals surface area contributed by atoms with Crippen LogP contribution >= 0.6 is 15.6 Å². The molecule has 19 heteroatoms. The highest BCUT2D eigenvalue weighted by molar-refractivity contribution is 7.47. The van der Waals surface area contributed by atoms with Gasteiger partial charge < -0.3 is 33.8 Å². The Morgan fingerprint density at radius 3 is 0.602 bits per heavy atom. The SMILES string of the molecule is CCCCCCCCCCCCCCCCCCCC(=O)OC[C@H](COP(=O)(O)OC[C@H](O)COP(=O)(O)OC[C@@H](COC(=O)CCCCCCCCCCCCCCC)OC(=O)CCCCCCCCCCCCCCCCC)OC(=O)CCCCCCCCCCCCCCC. The molecule has 0 fully saturated rings. The summed E-state index contributed by atoms with van der Waals surface area (Å²) in [7, 11) is -9.91. The number of phosphoric acid groups is 2. The summed E-state index contributed by atoms with van der Waals surface area (Å²) >= 11 is 0. The molecule has 0 aromatic carbocycles. The molecule has 0 aromatic rings. The molecule has 98 heavy (non-hydrogen) atoms. The summed E-state index contributed by atoms with van der Waals surface area (Å²) in [6.45, 7) is 5.03. The van der Waals surface area contributed by atoms with Crippen molar-refractivity contribution in [2.75, 3.05) is 39.6 Å². The molecule has 5 atom stereocenters. The Labute approximate surface area is 600 Å². The Morgan fingerprint density at radius 1 is 0.245 bits per heavy atom. The minimum absolute atomic E-state index is 0.109. The van der Waals surface area contributed by atoms with Crippen molar-refractivity contribution in [3.63, 3.8) is 0 Å². The van der Waals surface area contributed by atoms with E-state index in [0.29, 0.717) is 25.7 Å². The number of esters is 4. The highest BCUT2D eigenvalue weighted by Gasteiger charge is 2.30. The van der Waals surface area contributed by atoms with Crippen LogP contribution in [0.15, 0.2) is 0 Å². The number of hydrogen-bond donors (Lipinski definition) is 3. The van der Waals surface area contributed by atoms with Gasteiger partial charge in [0.25, 0.3) is 0 Å². The zero-order valence-electron chi connectivity index (χ0n) is 63.8. The molecule has 0 aromatic heterocycles. The quantitative estimate of drug-likeness (QED) is 0.0222. The van der Waals surface area contributed by atoms with Crippen molar-refractivity contribution < 1.29 is 80.2 Å². The molecule has 0 bridgehead atoms. The van der Waals surface area contributed by atoms with Gasteiger partial charge in [-0.2, -0.15) is 0 Å². The summed E-state index contributed by atoms with van der Waals surface area (Å²) in [5, 5.41) is 10.6. The Balaban J connectivity index is 5.24. The second-order valence-electron chi connectivity index (χ2n) is 28.5. The van der Waals surface area contributed by atoms with Gasteiger partial charge >= 0.3 is 39.5 Å². The summed E-state index contributed by atoms with van der Waals surface area (Å²) in [5.74, 6) is -2.10. The van der Waals surface area contributed by atoms with E-state index >= 15 is 0 Å². The van der Waals surface area contributed by atoms with Crippen LogP contribution in [-0.4, -0.2) is 96.7 Å². The average molecular weight is 1440 g/mol. The fourth-order valence-corrected chi connectivity index (χ4v) is 13.9. The molecule has 0 aliphatic carbocycles. The lowest BCUT2D eigenvalue weighted by molar-refractivity contribution is -0.161. The van der Waals surface area contributed by atoms with Crippen LogP contribution in [0.3, 0.4) is 0 Å². The number of hydrogen-bond acceptors (Lipinski definition) is 15. The van der Waals surface area contributed by atoms with Crippen molar-refractivity contribution in [2.45, 2.75) is 444 Å². The molecule has 0 saturated carbocycles. The van der Waals surface area contributed by atoms with Crippen LogP contribution in [0.2, 0.25) is 0 Å². The molecule has 582 valence electrons. The summed E-state index contributed by atoms with van der Waals surface area (Å²) in [5.41, 5.74) is 0. The van der Waals surface area contributed by atoms with Crippen LogP contribution in [0.1, 0.15) is 426 Å². The minimum atomic E-state index is -4.96. The predicted molar refractivity (Wildman–Crippen MR) is 400 cm³/mol.